The van der Waals surface area contributed by atoms with Gasteiger partial charge in [0, 0.05) is 18.9 Å². The molecule has 0 aromatic carbocycles. The quantitative estimate of drug-likeness (QED) is 0.610. The number of aliphatic hydroxyl groups is 1. The predicted octanol–water partition coefficient (Wildman–Crippen LogP) is -0.258. The van der Waals surface area contributed by atoms with E-state index in [0.29, 0.717) is 6.42 Å². The smallest absolute Gasteiger partial charge is 0.308 e. The summed E-state index contributed by atoms with van der Waals surface area (Å²) < 4.78 is 48.7. The third kappa shape index (κ3) is 6.67. The molecule has 0 fully saturated rings. The molecule has 0 saturated heterocycles. The Bertz CT molecular complexity index is 489. The van der Waals surface area contributed by atoms with Gasteiger partial charge in [0.15, 0.2) is 24.3 Å². The normalized spacial score (nSPS) is 15.9. The Balaban J connectivity index is 4.66. The minimum absolute atomic E-state index is 0.331. The molecule has 20 heavy (non-hydrogen) atoms. The summed E-state index contributed by atoms with van der Waals surface area (Å²) in [6.07, 6.45) is 0.278. The molecule has 0 bridgehead atoms. The Hall–Kier alpha value is -0.670. The van der Waals surface area contributed by atoms with E-state index in [4.69, 9.17) is 4.74 Å². The molecule has 120 valence electrons. The average molecular weight is 330 g/mol. The lowest BCUT2D eigenvalue weighted by atomic mass is 10.1. The largest absolute Gasteiger partial charge is 0.463 e. The first kappa shape index (κ1) is 19.3. The van der Waals surface area contributed by atoms with E-state index >= 15 is 0 Å². The minimum atomic E-state index is -3.87. The summed E-state index contributed by atoms with van der Waals surface area (Å²) in [6, 6.07) is 0. The first-order valence-corrected chi connectivity index (χ1v) is 10.0. The molecule has 0 amide bonds. The van der Waals surface area contributed by atoms with Crippen molar-refractivity contribution in [1.82, 2.24) is 0 Å². The molecule has 0 rings (SSSR count). The molecule has 0 aromatic rings. The van der Waals surface area contributed by atoms with Crippen molar-refractivity contribution in [3.8, 4) is 0 Å². The Morgan fingerprint density at radius 1 is 1.15 bits per heavy atom. The maximum atomic E-state index is 11.4. The summed E-state index contributed by atoms with van der Waals surface area (Å²) in [5, 5.41) is 9.64. The molecule has 0 aromatic heterocycles. The van der Waals surface area contributed by atoms with Gasteiger partial charge in [-0.1, -0.05) is 13.8 Å². The minimum Gasteiger partial charge on any atom is -0.463 e. The van der Waals surface area contributed by atoms with Crippen molar-refractivity contribution in [3.05, 3.63) is 0 Å². The van der Waals surface area contributed by atoms with Crippen molar-refractivity contribution in [2.75, 3.05) is 19.1 Å². The molecule has 2 atom stereocenters. The van der Waals surface area contributed by atoms with Crippen LogP contribution in [0.4, 0.5) is 0 Å². The monoisotopic (exact) mass is 330 g/mol. The van der Waals surface area contributed by atoms with Crippen molar-refractivity contribution in [3.63, 3.8) is 0 Å². The maximum absolute atomic E-state index is 11.4. The van der Waals surface area contributed by atoms with E-state index in [1.54, 1.807) is 13.8 Å². The van der Waals surface area contributed by atoms with E-state index < -0.39 is 49.4 Å². The Labute approximate surface area is 120 Å². The summed E-state index contributed by atoms with van der Waals surface area (Å²) >= 11 is 0. The third-order valence-corrected chi connectivity index (χ3v) is 7.24. The van der Waals surface area contributed by atoms with Crippen LogP contribution in [0.3, 0.4) is 0 Å². The zero-order valence-electron chi connectivity index (χ0n) is 12.1. The number of carbonyl (C=O) groups excluding carboxylic acids is 1. The zero-order valence-corrected chi connectivity index (χ0v) is 13.7. The van der Waals surface area contributed by atoms with Crippen LogP contribution in [0.15, 0.2) is 0 Å². The second kappa shape index (κ2) is 7.37. The number of esters is 1. The number of rotatable bonds is 8. The summed E-state index contributed by atoms with van der Waals surface area (Å²) in [5.74, 6) is -0.843. The van der Waals surface area contributed by atoms with Gasteiger partial charge in [-0.15, -0.1) is 0 Å². The van der Waals surface area contributed by atoms with E-state index in [-0.39, 0.29) is 5.92 Å². The highest BCUT2D eigenvalue weighted by molar-refractivity contribution is 8.08. The number of hydrogen-bond donors (Lipinski definition) is 1. The lowest BCUT2D eigenvalue weighted by molar-refractivity contribution is -0.151. The average Bonchev–Trinajstić information content (AvgIpc) is 2.28. The SMILES string of the molecule is CCC(C)C(=O)OCC(O)CC(S(C)(=O)=O)S(C)(=O)=O. The lowest BCUT2D eigenvalue weighted by Gasteiger charge is -2.18. The number of hydrogen-bond acceptors (Lipinski definition) is 7. The molecule has 0 saturated carbocycles. The van der Waals surface area contributed by atoms with Crippen LogP contribution in [0.2, 0.25) is 0 Å². The summed E-state index contributed by atoms with van der Waals surface area (Å²) in [5.41, 5.74) is 0. The van der Waals surface area contributed by atoms with Crippen molar-refractivity contribution < 1.29 is 31.5 Å². The van der Waals surface area contributed by atoms with Crippen molar-refractivity contribution >= 4 is 25.6 Å². The number of aliphatic hydroxyl groups excluding tert-OH is 1. The van der Waals surface area contributed by atoms with E-state index in [2.05, 4.69) is 0 Å². The molecule has 0 spiro atoms. The van der Waals surface area contributed by atoms with Crippen LogP contribution in [0.5, 0.6) is 0 Å². The van der Waals surface area contributed by atoms with Crippen molar-refractivity contribution in [2.24, 2.45) is 5.92 Å². The molecule has 0 aliphatic heterocycles. The molecule has 1 N–H and O–H groups in total. The van der Waals surface area contributed by atoms with Crippen LogP contribution in [0.1, 0.15) is 26.7 Å². The summed E-state index contributed by atoms with van der Waals surface area (Å²) in [7, 11) is -7.73. The van der Waals surface area contributed by atoms with Gasteiger partial charge in [-0.3, -0.25) is 4.79 Å². The molecule has 0 radical (unpaired) electrons. The van der Waals surface area contributed by atoms with Crippen molar-refractivity contribution in [1.29, 1.82) is 0 Å². The van der Waals surface area contributed by atoms with Gasteiger partial charge < -0.3 is 9.84 Å². The number of ether oxygens (including phenoxy) is 1. The second-order valence-electron chi connectivity index (χ2n) is 4.92. The third-order valence-electron chi connectivity index (χ3n) is 2.85. The number of sulfone groups is 2. The van der Waals surface area contributed by atoms with Crippen molar-refractivity contribution in [2.45, 2.75) is 37.4 Å². The molecule has 0 aliphatic rings. The molecule has 0 heterocycles. The fraction of sp³-hybridized carbons (Fsp3) is 0.909. The molecule has 9 heteroatoms. The highest BCUT2D eigenvalue weighted by Gasteiger charge is 2.33. The molecule has 7 nitrogen and oxygen atoms in total. The van der Waals surface area contributed by atoms with Crippen LogP contribution in [0, 0.1) is 5.92 Å². The van der Waals surface area contributed by atoms with Gasteiger partial charge in [0.2, 0.25) is 0 Å². The summed E-state index contributed by atoms with van der Waals surface area (Å²) in [6.45, 7) is 3.03. The van der Waals surface area contributed by atoms with Crippen LogP contribution < -0.4 is 0 Å². The van der Waals surface area contributed by atoms with Gasteiger partial charge in [0.05, 0.1) is 12.0 Å². The maximum Gasteiger partial charge on any atom is 0.308 e. The standard InChI is InChI=1S/C11H22O7S2/c1-5-8(2)11(13)18-7-9(12)6-10(19(3,14)15)20(4,16)17/h8-10,12H,5-7H2,1-4H3. The predicted molar refractivity (Wildman–Crippen MR) is 74.5 cm³/mol. The highest BCUT2D eigenvalue weighted by Crippen LogP contribution is 2.15. The fourth-order valence-electron chi connectivity index (χ4n) is 1.44. The first-order valence-electron chi connectivity index (χ1n) is 6.12. The van der Waals surface area contributed by atoms with E-state index in [1.807, 2.05) is 0 Å². The van der Waals surface area contributed by atoms with Gasteiger partial charge in [-0.2, -0.15) is 0 Å². The Morgan fingerprint density at radius 2 is 1.60 bits per heavy atom. The number of carbonyl (C=O) groups is 1. The van der Waals surface area contributed by atoms with E-state index in [9.17, 15) is 26.7 Å². The topological polar surface area (TPSA) is 115 Å². The Morgan fingerprint density at radius 3 is 1.95 bits per heavy atom. The van der Waals surface area contributed by atoms with Crippen LogP contribution in [-0.2, 0) is 29.2 Å². The molecular weight excluding hydrogens is 308 g/mol. The zero-order chi connectivity index (χ0) is 16.1. The first-order chi connectivity index (χ1) is 8.89. The van der Waals surface area contributed by atoms with Gasteiger partial charge >= 0.3 is 5.97 Å². The van der Waals surface area contributed by atoms with E-state index in [0.717, 1.165) is 12.5 Å². The molecule has 0 aliphatic carbocycles. The van der Waals surface area contributed by atoms with Crippen LogP contribution in [0.25, 0.3) is 0 Å². The van der Waals surface area contributed by atoms with Gasteiger partial charge in [0.1, 0.15) is 6.61 Å². The highest BCUT2D eigenvalue weighted by atomic mass is 32.3. The van der Waals surface area contributed by atoms with Crippen LogP contribution >= 0.6 is 0 Å². The molecule has 2 unspecified atom stereocenters. The Kier molecular flexibility index (Phi) is 7.12. The molecular formula is C11H22O7S2. The lowest BCUT2D eigenvalue weighted by Crippen LogP contribution is -2.34. The van der Waals surface area contributed by atoms with Crippen LogP contribution in [-0.4, -0.2) is 57.7 Å². The van der Waals surface area contributed by atoms with E-state index in [1.165, 1.54) is 0 Å². The second-order valence-corrected chi connectivity index (χ2v) is 9.67. The summed E-state index contributed by atoms with van der Waals surface area (Å²) in [4.78, 5) is 11.4. The van der Waals surface area contributed by atoms with Gasteiger partial charge in [0.25, 0.3) is 0 Å². The van der Waals surface area contributed by atoms with Gasteiger partial charge in [-0.05, 0) is 6.42 Å². The van der Waals surface area contributed by atoms with Gasteiger partial charge in [-0.25, -0.2) is 16.8 Å². The fourth-order valence-corrected chi connectivity index (χ4v) is 5.13.